The van der Waals surface area contributed by atoms with E-state index in [4.69, 9.17) is 5.73 Å². The van der Waals surface area contributed by atoms with E-state index in [-0.39, 0.29) is 6.04 Å². The average molecular weight is 272 g/mol. The minimum absolute atomic E-state index is 0.172. The molecule has 2 nitrogen and oxygen atoms in total. The summed E-state index contributed by atoms with van der Waals surface area (Å²) < 4.78 is 0. The van der Waals surface area contributed by atoms with E-state index in [0.717, 1.165) is 16.9 Å². The summed E-state index contributed by atoms with van der Waals surface area (Å²) in [6.07, 6.45) is 4.31. The van der Waals surface area contributed by atoms with Gasteiger partial charge in [0.1, 0.15) is 0 Å². The Morgan fingerprint density at radius 3 is 2.57 bits per heavy atom. The van der Waals surface area contributed by atoms with E-state index in [9.17, 15) is 0 Å². The number of nitrogens with two attached hydrogens (primary N) is 1. The van der Waals surface area contributed by atoms with Crippen LogP contribution in [0.1, 0.15) is 17.2 Å². The first-order valence-electron chi connectivity index (χ1n) is 7.14. The van der Waals surface area contributed by atoms with Crippen molar-refractivity contribution in [2.45, 2.75) is 6.04 Å². The highest BCUT2D eigenvalue weighted by molar-refractivity contribution is 5.99. The summed E-state index contributed by atoms with van der Waals surface area (Å²) in [6, 6.07) is 21.0. The molecular weight excluding hydrogens is 256 g/mol. The van der Waals surface area contributed by atoms with Gasteiger partial charge in [-0.25, -0.2) is 0 Å². The molecule has 0 saturated heterocycles. The number of hydrogen-bond donors (Lipinski definition) is 2. The first-order chi connectivity index (χ1) is 10.3. The van der Waals surface area contributed by atoms with Crippen LogP contribution < -0.4 is 11.1 Å². The SMILES string of the molecule is Nc1ccc2cccc3c2c1C=CC3Nc1ccccc1. The Bertz CT molecular complexity index is 835. The number of para-hydroxylation sites is 1. The van der Waals surface area contributed by atoms with Crippen molar-refractivity contribution in [2.24, 2.45) is 0 Å². The zero-order valence-electron chi connectivity index (χ0n) is 11.6. The van der Waals surface area contributed by atoms with Crippen molar-refractivity contribution in [3.63, 3.8) is 0 Å². The fourth-order valence-corrected chi connectivity index (χ4v) is 3.03. The van der Waals surface area contributed by atoms with Crippen molar-refractivity contribution >= 4 is 28.2 Å². The van der Waals surface area contributed by atoms with E-state index in [1.165, 1.54) is 16.3 Å². The van der Waals surface area contributed by atoms with Gasteiger partial charge in [0.15, 0.2) is 0 Å². The van der Waals surface area contributed by atoms with Crippen LogP contribution in [-0.2, 0) is 0 Å². The van der Waals surface area contributed by atoms with Crippen LogP contribution in [-0.4, -0.2) is 0 Å². The summed E-state index contributed by atoms with van der Waals surface area (Å²) >= 11 is 0. The molecule has 0 fully saturated rings. The Balaban J connectivity index is 1.85. The normalized spacial score (nSPS) is 16.1. The van der Waals surface area contributed by atoms with E-state index >= 15 is 0 Å². The molecule has 0 aliphatic heterocycles. The van der Waals surface area contributed by atoms with Crippen molar-refractivity contribution in [3.8, 4) is 0 Å². The zero-order valence-corrected chi connectivity index (χ0v) is 11.6. The largest absolute Gasteiger partial charge is 0.398 e. The highest BCUT2D eigenvalue weighted by Gasteiger charge is 2.18. The monoisotopic (exact) mass is 272 g/mol. The maximum Gasteiger partial charge on any atom is 0.0707 e. The fraction of sp³-hybridized carbons (Fsp3) is 0.0526. The Morgan fingerprint density at radius 1 is 0.857 bits per heavy atom. The summed E-state index contributed by atoms with van der Waals surface area (Å²) in [7, 11) is 0. The van der Waals surface area contributed by atoms with Crippen molar-refractivity contribution in [2.75, 3.05) is 11.1 Å². The minimum Gasteiger partial charge on any atom is -0.398 e. The lowest BCUT2D eigenvalue weighted by atomic mass is 9.89. The molecule has 3 aromatic carbocycles. The first kappa shape index (κ1) is 12.0. The van der Waals surface area contributed by atoms with Gasteiger partial charge in [0.25, 0.3) is 0 Å². The summed E-state index contributed by atoms with van der Waals surface area (Å²) in [5.41, 5.74) is 10.5. The Morgan fingerprint density at radius 2 is 1.71 bits per heavy atom. The van der Waals surface area contributed by atoms with Gasteiger partial charge in [-0.1, -0.05) is 54.6 Å². The number of benzene rings is 3. The van der Waals surface area contributed by atoms with Gasteiger partial charge < -0.3 is 11.1 Å². The van der Waals surface area contributed by atoms with Crippen LogP contribution >= 0.6 is 0 Å². The molecule has 2 heteroatoms. The second-order valence-corrected chi connectivity index (χ2v) is 5.36. The summed E-state index contributed by atoms with van der Waals surface area (Å²) in [6.45, 7) is 0. The quantitative estimate of drug-likeness (QED) is 0.669. The molecule has 3 N–H and O–H groups in total. The van der Waals surface area contributed by atoms with Gasteiger partial charge in [-0.15, -0.1) is 0 Å². The highest BCUT2D eigenvalue weighted by atomic mass is 14.9. The first-order valence-corrected chi connectivity index (χ1v) is 7.14. The topological polar surface area (TPSA) is 38.0 Å². The van der Waals surface area contributed by atoms with E-state index in [1.807, 2.05) is 24.3 Å². The third-order valence-electron chi connectivity index (χ3n) is 4.04. The molecule has 102 valence electrons. The van der Waals surface area contributed by atoms with Crippen LogP contribution in [0, 0.1) is 0 Å². The lowest BCUT2D eigenvalue weighted by Crippen LogP contribution is -2.11. The average Bonchev–Trinajstić information content (AvgIpc) is 2.53. The van der Waals surface area contributed by atoms with E-state index in [0.29, 0.717) is 0 Å². The van der Waals surface area contributed by atoms with Crippen LogP contribution in [0.4, 0.5) is 11.4 Å². The van der Waals surface area contributed by atoms with Gasteiger partial charge >= 0.3 is 0 Å². The van der Waals surface area contributed by atoms with Gasteiger partial charge in [0.2, 0.25) is 0 Å². The molecule has 1 aliphatic carbocycles. The summed E-state index contributed by atoms with van der Waals surface area (Å²) in [4.78, 5) is 0. The predicted molar refractivity (Wildman–Crippen MR) is 90.2 cm³/mol. The molecule has 3 aromatic rings. The van der Waals surface area contributed by atoms with E-state index in [1.54, 1.807) is 0 Å². The Hall–Kier alpha value is -2.74. The standard InChI is InChI=1S/C19H16N2/c20-17-11-9-13-5-4-8-16-18(12-10-15(17)19(13)16)21-14-6-2-1-3-7-14/h1-12,18,21H,20H2. The van der Waals surface area contributed by atoms with Crippen molar-refractivity contribution in [1.82, 2.24) is 0 Å². The number of anilines is 2. The van der Waals surface area contributed by atoms with Gasteiger partial charge in [0.05, 0.1) is 6.04 Å². The molecule has 1 unspecified atom stereocenters. The maximum atomic E-state index is 6.13. The molecule has 0 bridgehead atoms. The molecule has 1 aliphatic rings. The molecule has 0 saturated carbocycles. The molecule has 1 atom stereocenters. The second-order valence-electron chi connectivity index (χ2n) is 5.36. The third kappa shape index (κ3) is 1.96. The van der Waals surface area contributed by atoms with Crippen molar-refractivity contribution in [1.29, 1.82) is 0 Å². The van der Waals surface area contributed by atoms with Crippen molar-refractivity contribution < 1.29 is 0 Å². The molecule has 0 spiro atoms. The molecule has 21 heavy (non-hydrogen) atoms. The fourth-order valence-electron chi connectivity index (χ4n) is 3.03. The molecular formula is C19H16N2. The molecule has 4 rings (SSSR count). The molecule has 0 radical (unpaired) electrons. The third-order valence-corrected chi connectivity index (χ3v) is 4.04. The number of nitrogens with one attached hydrogen (secondary N) is 1. The van der Waals surface area contributed by atoms with E-state index < -0.39 is 0 Å². The van der Waals surface area contributed by atoms with Crippen molar-refractivity contribution in [3.05, 3.63) is 77.9 Å². The number of hydrogen-bond acceptors (Lipinski definition) is 2. The van der Waals surface area contributed by atoms with Crippen LogP contribution in [0.2, 0.25) is 0 Å². The van der Waals surface area contributed by atoms with Gasteiger partial charge in [0, 0.05) is 16.9 Å². The van der Waals surface area contributed by atoms with Crippen LogP contribution in [0.3, 0.4) is 0 Å². The molecule has 0 heterocycles. The smallest absolute Gasteiger partial charge is 0.0707 e. The maximum absolute atomic E-state index is 6.13. The van der Waals surface area contributed by atoms with E-state index in [2.05, 4.69) is 53.9 Å². The zero-order chi connectivity index (χ0) is 14.2. The number of rotatable bonds is 2. The second kappa shape index (κ2) is 4.67. The highest BCUT2D eigenvalue weighted by Crippen LogP contribution is 2.37. The summed E-state index contributed by atoms with van der Waals surface area (Å²) in [5, 5.41) is 6.07. The Kier molecular flexibility index (Phi) is 2.68. The Labute approximate surface area is 123 Å². The van der Waals surface area contributed by atoms with Crippen LogP contribution in [0.15, 0.2) is 66.7 Å². The summed E-state index contributed by atoms with van der Waals surface area (Å²) in [5.74, 6) is 0. The number of nitrogen functional groups attached to an aromatic ring is 1. The predicted octanol–water partition coefficient (Wildman–Crippen LogP) is 4.60. The van der Waals surface area contributed by atoms with Gasteiger partial charge in [-0.3, -0.25) is 0 Å². The van der Waals surface area contributed by atoms with Crippen LogP contribution in [0.5, 0.6) is 0 Å². The van der Waals surface area contributed by atoms with Crippen LogP contribution in [0.25, 0.3) is 16.8 Å². The lowest BCUT2D eigenvalue weighted by Gasteiger charge is -2.24. The minimum atomic E-state index is 0.172. The lowest BCUT2D eigenvalue weighted by molar-refractivity contribution is 0.996. The van der Waals surface area contributed by atoms with Gasteiger partial charge in [-0.2, -0.15) is 0 Å². The molecule has 0 aromatic heterocycles. The molecule has 0 amide bonds. The van der Waals surface area contributed by atoms with Gasteiger partial charge in [-0.05, 0) is 34.5 Å².